The Morgan fingerprint density at radius 1 is 1.22 bits per heavy atom. The van der Waals surface area contributed by atoms with Crippen molar-refractivity contribution in [2.75, 3.05) is 13.1 Å². The average molecular weight is 319 g/mol. The summed E-state index contributed by atoms with van der Waals surface area (Å²) in [5.41, 5.74) is 0.650. The van der Waals surface area contributed by atoms with Gasteiger partial charge in [-0.15, -0.1) is 0 Å². The molecule has 2 N–H and O–H groups in total. The van der Waals surface area contributed by atoms with E-state index in [1.54, 1.807) is 12.1 Å². The highest BCUT2D eigenvalue weighted by Gasteiger charge is 2.04. The minimum absolute atomic E-state index is 0.00956. The lowest BCUT2D eigenvalue weighted by atomic mass is 10.1. The van der Waals surface area contributed by atoms with Gasteiger partial charge in [0.2, 0.25) is 11.8 Å². The van der Waals surface area contributed by atoms with Gasteiger partial charge in [-0.05, 0) is 36.1 Å². The number of hydrogen-bond acceptors (Lipinski definition) is 4. The number of rotatable bonds is 8. The Bertz CT molecular complexity index is 579. The highest BCUT2D eigenvalue weighted by molar-refractivity contribution is 5.94. The molecular formula is C16H21N3O4. The van der Waals surface area contributed by atoms with E-state index in [9.17, 15) is 19.7 Å². The molecule has 0 bridgehead atoms. The van der Waals surface area contributed by atoms with Crippen LogP contribution in [0.2, 0.25) is 0 Å². The number of nitrogens with one attached hydrogen (secondary N) is 2. The molecule has 2 amide bonds. The zero-order chi connectivity index (χ0) is 17.2. The molecule has 1 aromatic carbocycles. The minimum atomic E-state index is -0.488. The van der Waals surface area contributed by atoms with Crippen molar-refractivity contribution < 1.29 is 14.5 Å². The van der Waals surface area contributed by atoms with E-state index in [2.05, 4.69) is 24.5 Å². The fourth-order valence-electron chi connectivity index (χ4n) is 1.67. The zero-order valence-electron chi connectivity index (χ0n) is 13.2. The van der Waals surface area contributed by atoms with E-state index >= 15 is 0 Å². The lowest BCUT2D eigenvalue weighted by molar-refractivity contribution is -0.384. The first-order chi connectivity index (χ1) is 10.9. The smallest absolute Gasteiger partial charge is 0.269 e. The van der Waals surface area contributed by atoms with Gasteiger partial charge in [0.1, 0.15) is 0 Å². The molecule has 0 saturated carbocycles. The summed E-state index contributed by atoms with van der Waals surface area (Å²) in [4.78, 5) is 33.1. The van der Waals surface area contributed by atoms with Crippen molar-refractivity contribution in [3.05, 3.63) is 46.0 Å². The van der Waals surface area contributed by atoms with Gasteiger partial charge in [-0.25, -0.2) is 0 Å². The molecule has 7 heteroatoms. The summed E-state index contributed by atoms with van der Waals surface area (Å²) < 4.78 is 0. The second-order valence-electron chi connectivity index (χ2n) is 5.43. The molecule has 7 nitrogen and oxygen atoms in total. The van der Waals surface area contributed by atoms with E-state index in [1.165, 1.54) is 24.3 Å². The molecule has 1 rings (SSSR count). The number of amides is 2. The number of carbonyl (C=O) groups is 2. The first-order valence-corrected chi connectivity index (χ1v) is 7.35. The number of non-ortho nitro benzene ring substituents is 1. The lowest BCUT2D eigenvalue weighted by Gasteiger charge is -2.07. The maximum absolute atomic E-state index is 11.6. The fraction of sp³-hybridized carbons (Fsp3) is 0.375. The normalized spacial score (nSPS) is 10.7. The summed E-state index contributed by atoms with van der Waals surface area (Å²) in [6.07, 6.45) is 3.69. The van der Waals surface area contributed by atoms with Crippen molar-refractivity contribution in [3.8, 4) is 0 Å². The summed E-state index contributed by atoms with van der Waals surface area (Å²) in [6, 6.07) is 5.81. The quantitative estimate of drug-likeness (QED) is 0.434. The van der Waals surface area contributed by atoms with E-state index in [4.69, 9.17) is 0 Å². The third-order valence-corrected chi connectivity index (χ3v) is 3.00. The molecule has 0 spiro atoms. The number of nitro groups is 1. The average Bonchev–Trinajstić information content (AvgIpc) is 2.51. The van der Waals surface area contributed by atoms with Crippen LogP contribution in [0.4, 0.5) is 5.69 Å². The Balaban J connectivity index is 2.35. The molecule has 0 aliphatic rings. The van der Waals surface area contributed by atoms with Crippen LogP contribution >= 0.6 is 0 Å². The Kier molecular flexibility index (Phi) is 7.45. The van der Waals surface area contributed by atoms with Crippen molar-refractivity contribution in [2.24, 2.45) is 5.92 Å². The third kappa shape index (κ3) is 7.75. The van der Waals surface area contributed by atoms with Gasteiger partial charge >= 0.3 is 0 Å². The molecule has 1 aromatic rings. The number of hydrogen-bond donors (Lipinski definition) is 2. The Labute approximate surface area is 134 Å². The topological polar surface area (TPSA) is 101 Å². The van der Waals surface area contributed by atoms with Crippen LogP contribution in [-0.2, 0) is 9.59 Å². The van der Waals surface area contributed by atoms with Crippen molar-refractivity contribution >= 4 is 23.6 Å². The second kappa shape index (κ2) is 9.34. The SMILES string of the molecule is CC(C)CCNC(=O)CNC(=O)/C=C/c1ccc([N+](=O)[O-])cc1. The van der Waals surface area contributed by atoms with E-state index in [-0.39, 0.29) is 18.1 Å². The van der Waals surface area contributed by atoms with Gasteiger partial charge in [0.15, 0.2) is 0 Å². The van der Waals surface area contributed by atoms with Gasteiger partial charge in [-0.2, -0.15) is 0 Å². The van der Waals surface area contributed by atoms with Crippen LogP contribution in [-0.4, -0.2) is 29.8 Å². The van der Waals surface area contributed by atoms with Crippen LogP contribution in [0.15, 0.2) is 30.3 Å². The second-order valence-corrected chi connectivity index (χ2v) is 5.43. The molecular weight excluding hydrogens is 298 g/mol. The van der Waals surface area contributed by atoms with Crippen LogP contribution in [0.3, 0.4) is 0 Å². The Morgan fingerprint density at radius 3 is 2.43 bits per heavy atom. The van der Waals surface area contributed by atoms with Gasteiger partial charge in [-0.3, -0.25) is 19.7 Å². The molecule has 124 valence electrons. The molecule has 0 heterocycles. The minimum Gasteiger partial charge on any atom is -0.355 e. The third-order valence-electron chi connectivity index (χ3n) is 3.00. The number of benzene rings is 1. The molecule has 0 aromatic heterocycles. The van der Waals surface area contributed by atoms with Crippen molar-refractivity contribution in [1.82, 2.24) is 10.6 Å². The lowest BCUT2D eigenvalue weighted by Crippen LogP contribution is -2.36. The predicted octanol–water partition coefficient (Wildman–Crippen LogP) is 1.89. The van der Waals surface area contributed by atoms with Crippen LogP contribution in [0, 0.1) is 16.0 Å². The molecule has 0 aliphatic carbocycles. The van der Waals surface area contributed by atoms with Gasteiger partial charge in [-0.1, -0.05) is 13.8 Å². The zero-order valence-corrected chi connectivity index (χ0v) is 13.2. The van der Waals surface area contributed by atoms with Crippen molar-refractivity contribution in [3.63, 3.8) is 0 Å². The van der Waals surface area contributed by atoms with E-state index < -0.39 is 10.8 Å². The van der Waals surface area contributed by atoms with E-state index in [1.807, 2.05) is 0 Å². The van der Waals surface area contributed by atoms with E-state index in [0.717, 1.165) is 6.42 Å². The number of nitro benzene ring substituents is 1. The van der Waals surface area contributed by atoms with Gasteiger partial charge < -0.3 is 10.6 Å². The molecule has 0 saturated heterocycles. The molecule has 0 atom stereocenters. The van der Waals surface area contributed by atoms with Crippen LogP contribution in [0.5, 0.6) is 0 Å². The largest absolute Gasteiger partial charge is 0.355 e. The van der Waals surface area contributed by atoms with E-state index in [0.29, 0.717) is 18.0 Å². The monoisotopic (exact) mass is 319 g/mol. The highest BCUT2D eigenvalue weighted by Crippen LogP contribution is 2.12. The van der Waals surface area contributed by atoms with Gasteiger partial charge in [0, 0.05) is 24.8 Å². The predicted molar refractivity (Wildman–Crippen MR) is 87.6 cm³/mol. The summed E-state index contributed by atoms with van der Waals surface area (Å²) in [7, 11) is 0. The summed E-state index contributed by atoms with van der Waals surface area (Å²) in [5, 5.41) is 15.7. The van der Waals surface area contributed by atoms with Crippen molar-refractivity contribution in [1.29, 1.82) is 0 Å². The van der Waals surface area contributed by atoms with Gasteiger partial charge in [0.05, 0.1) is 11.5 Å². The summed E-state index contributed by atoms with van der Waals surface area (Å²) in [5.74, 6) is -0.125. The number of nitrogens with zero attached hydrogens (tertiary/aromatic N) is 1. The first kappa shape index (κ1) is 18.3. The molecule has 0 radical (unpaired) electrons. The molecule has 0 fully saturated rings. The maximum atomic E-state index is 11.6. The summed E-state index contributed by atoms with van der Waals surface area (Å²) >= 11 is 0. The molecule has 23 heavy (non-hydrogen) atoms. The van der Waals surface area contributed by atoms with Crippen LogP contribution in [0.1, 0.15) is 25.8 Å². The maximum Gasteiger partial charge on any atom is 0.269 e. The molecule has 0 unspecified atom stereocenters. The highest BCUT2D eigenvalue weighted by atomic mass is 16.6. The van der Waals surface area contributed by atoms with Crippen LogP contribution in [0.25, 0.3) is 6.08 Å². The Hall–Kier alpha value is -2.70. The summed E-state index contributed by atoms with van der Waals surface area (Å²) in [6.45, 7) is 4.64. The van der Waals surface area contributed by atoms with Crippen LogP contribution < -0.4 is 10.6 Å². The number of carbonyl (C=O) groups excluding carboxylic acids is 2. The Morgan fingerprint density at radius 2 is 1.87 bits per heavy atom. The first-order valence-electron chi connectivity index (χ1n) is 7.35. The van der Waals surface area contributed by atoms with Crippen molar-refractivity contribution in [2.45, 2.75) is 20.3 Å². The molecule has 0 aliphatic heterocycles. The van der Waals surface area contributed by atoms with Gasteiger partial charge in [0.25, 0.3) is 5.69 Å². The fourth-order valence-corrected chi connectivity index (χ4v) is 1.67. The standard InChI is InChI=1S/C16H21N3O4/c1-12(2)9-10-17-16(21)11-18-15(20)8-5-13-3-6-14(7-4-13)19(22)23/h3-8,12H,9-11H2,1-2H3,(H,17,21)(H,18,20)/b8-5+.